The van der Waals surface area contributed by atoms with Crippen molar-refractivity contribution >= 4 is 15.9 Å². The first-order valence-corrected chi connectivity index (χ1v) is 10.4. The maximum Gasteiger partial charge on any atom is 0.253 e. The fourth-order valence-electron chi connectivity index (χ4n) is 3.28. The predicted molar refractivity (Wildman–Crippen MR) is 102 cm³/mol. The summed E-state index contributed by atoms with van der Waals surface area (Å²) in [6, 6.07) is 9.26. The molecule has 9 heteroatoms. The van der Waals surface area contributed by atoms with Crippen molar-refractivity contribution in [1.29, 1.82) is 0 Å². The van der Waals surface area contributed by atoms with Gasteiger partial charge in [0.25, 0.3) is 5.91 Å². The van der Waals surface area contributed by atoms with Gasteiger partial charge in [-0.1, -0.05) is 18.2 Å². The molecule has 8 nitrogen and oxygen atoms in total. The van der Waals surface area contributed by atoms with E-state index in [1.165, 1.54) is 0 Å². The first-order valence-electron chi connectivity index (χ1n) is 8.96. The Morgan fingerprint density at radius 1 is 1.15 bits per heavy atom. The second-order valence-corrected chi connectivity index (χ2v) is 8.36. The fraction of sp³-hybridized carbons (Fsp3) is 0.444. The van der Waals surface area contributed by atoms with Crippen LogP contribution < -0.4 is 4.72 Å². The molecule has 1 amide bonds. The van der Waals surface area contributed by atoms with E-state index in [2.05, 4.69) is 19.8 Å². The fourth-order valence-corrected chi connectivity index (χ4v) is 4.67. The van der Waals surface area contributed by atoms with Crippen LogP contribution in [0, 0.1) is 13.8 Å². The first kappa shape index (κ1) is 19.5. The van der Waals surface area contributed by atoms with Gasteiger partial charge in [0.1, 0.15) is 4.90 Å². The van der Waals surface area contributed by atoms with E-state index >= 15 is 0 Å². The van der Waals surface area contributed by atoms with E-state index in [9.17, 15) is 13.2 Å². The molecule has 2 heterocycles. The lowest BCUT2D eigenvalue weighted by atomic mass is 10.2. The van der Waals surface area contributed by atoms with Crippen LogP contribution in [-0.4, -0.2) is 73.6 Å². The smallest absolute Gasteiger partial charge is 0.253 e. The summed E-state index contributed by atoms with van der Waals surface area (Å²) in [7, 11) is -3.57. The number of aryl methyl sites for hydroxylation is 2. The Hall–Kier alpha value is -2.23. The van der Waals surface area contributed by atoms with Crippen molar-refractivity contribution < 1.29 is 13.2 Å². The minimum atomic E-state index is -3.57. The third kappa shape index (κ3) is 4.55. The summed E-state index contributed by atoms with van der Waals surface area (Å²) in [6.45, 7) is 7.01. The molecule has 146 valence electrons. The first-order chi connectivity index (χ1) is 12.9. The highest BCUT2D eigenvalue weighted by atomic mass is 32.2. The quantitative estimate of drug-likeness (QED) is 0.758. The average Bonchev–Trinajstić information content (AvgIpc) is 3.01. The summed E-state index contributed by atoms with van der Waals surface area (Å²) in [6.07, 6.45) is 0. The zero-order valence-electron chi connectivity index (χ0n) is 15.6. The number of carbonyl (C=O) groups excluding carboxylic acids is 1. The lowest BCUT2D eigenvalue weighted by molar-refractivity contribution is 0.0640. The molecule has 1 aliphatic heterocycles. The molecule has 0 saturated carbocycles. The van der Waals surface area contributed by atoms with Gasteiger partial charge in [0.05, 0.1) is 11.4 Å². The van der Waals surface area contributed by atoms with Gasteiger partial charge in [0.15, 0.2) is 0 Å². The van der Waals surface area contributed by atoms with Crippen molar-refractivity contribution in [1.82, 2.24) is 24.7 Å². The number of hydrogen-bond donors (Lipinski definition) is 2. The van der Waals surface area contributed by atoms with Crippen molar-refractivity contribution in [3.8, 4) is 0 Å². The van der Waals surface area contributed by atoms with Crippen LogP contribution in [-0.2, 0) is 10.0 Å². The molecule has 1 aromatic heterocycles. The Kier molecular flexibility index (Phi) is 5.93. The minimum Gasteiger partial charge on any atom is -0.336 e. The zero-order valence-corrected chi connectivity index (χ0v) is 16.4. The number of aromatic nitrogens is 2. The predicted octanol–water partition coefficient (Wildman–Crippen LogP) is 0.763. The SMILES string of the molecule is Cc1n[nH]c(C)c1S(=O)(=O)NCCN1CCN(C(=O)c2ccccc2)CC1. The maximum atomic E-state index is 12.5. The number of benzene rings is 1. The molecule has 0 radical (unpaired) electrons. The number of H-pyrrole nitrogens is 1. The van der Waals surface area contributed by atoms with E-state index in [4.69, 9.17) is 0 Å². The highest BCUT2D eigenvalue weighted by molar-refractivity contribution is 7.89. The van der Waals surface area contributed by atoms with E-state index in [0.29, 0.717) is 43.1 Å². The molecule has 2 aromatic rings. The van der Waals surface area contributed by atoms with Gasteiger partial charge in [-0.2, -0.15) is 5.10 Å². The summed E-state index contributed by atoms with van der Waals surface area (Å²) in [4.78, 5) is 16.7. The minimum absolute atomic E-state index is 0.0434. The Morgan fingerprint density at radius 3 is 2.41 bits per heavy atom. The van der Waals surface area contributed by atoms with Crippen LogP contribution in [0.1, 0.15) is 21.7 Å². The molecule has 1 aromatic carbocycles. The number of carbonyl (C=O) groups is 1. The van der Waals surface area contributed by atoms with Gasteiger partial charge in [-0.15, -0.1) is 0 Å². The average molecular weight is 391 g/mol. The highest BCUT2D eigenvalue weighted by Gasteiger charge is 2.24. The molecule has 0 spiro atoms. The molecule has 0 aliphatic carbocycles. The van der Waals surface area contributed by atoms with Crippen molar-refractivity contribution in [3.05, 3.63) is 47.3 Å². The number of aromatic amines is 1. The van der Waals surface area contributed by atoms with Gasteiger partial charge in [-0.25, -0.2) is 13.1 Å². The number of sulfonamides is 1. The molecular weight excluding hydrogens is 366 g/mol. The summed E-state index contributed by atoms with van der Waals surface area (Å²) in [5.41, 5.74) is 1.70. The molecule has 0 bridgehead atoms. The molecule has 0 atom stereocenters. The van der Waals surface area contributed by atoms with Crippen LogP contribution in [0.3, 0.4) is 0 Å². The van der Waals surface area contributed by atoms with Crippen LogP contribution in [0.5, 0.6) is 0 Å². The third-order valence-corrected chi connectivity index (χ3v) is 6.45. The highest BCUT2D eigenvalue weighted by Crippen LogP contribution is 2.16. The molecule has 3 rings (SSSR count). The van der Waals surface area contributed by atoms with Crippen LogP contribution in [0.25, 0.3) is 0 Å². The normalized spacial score (nSPS) is 15.9. The number of hydrogen-bond acceptors (Lipinski definition) is 5. The van der Waals surface area contributed by atoms with Crippen LogP contribution in [0.2, 0.25) is 0 Å². The molecule has 1 aliphatic rings. The Balaban J connectivity index is 1.47. The van der Waals surface area contributed by atoms with Gasteiger partial charge < -0.3 is 4.90 Å². The standard InChI is InChI=1S/C18H25N5O3S/c1-14-17(15(2)21-20-14)27(25,26)19-8-9-22-10-12-23(13-11-22)18(24)16-6-4-3-5-7-16/h3-7,19H,8-13H2,1-2H3,(H,20,21). The zero-order chi connectivity index (χ0) is 19.4. The molecular formula is C18H25N5O3S. The van der Waals surface area contributed by atoms with Gasteiger partial charge in [-0.3, -0.25) is 14.8 Å². The van der Waals surface area contributed by atoms with Crippen LogP contribution >= 0.6 is 0 Å². The maximum absolute atomic E-state index is 12.5. The monoisotopic (exact) mass is 391 g/mol. The van der Waals surface area contributed by atoms with Gasteiger partial charge >= 0.3 is 0 Å². The number of amides is 1. The lowest BCUT2D eigenvalue weighted by Crippen LogP contribution is -2.50. The Bertz CT molecular complexity index is 867. The van der Waals surface area contributed by atoms with Gasteiger partial charge in [0, 0.05) is 44.8 Å². The molecule has 2 N–H and O–H groups in total. The molecule has 1 saturated heterocycles. The second-order valence-electron chi connectivity index (χ2n) is 6.66. The molecule has 0 unspecified atom stereocenters. The number of nitrogens with zero attached hydrogens (tertiary/aromatic N) is 3. The third-order valence-electron chi connectivity index (χ3n) is 4.73. The van der Waals surface area contributed by atoms with E-state index < -0.39 is 10.0 Å². The van der Waals surface area contributed by atoms with E-state index in [0.717, 1.165) is 13.1 Å². The van der Waals surface area contributed by atoms with E-state index in [1.807, 2.05) is 35.2 Å². The van der Waals surface area contributed by atoms with Crippen LogP contribution in [0.4, 0.5) is 0 Å². The number of rotatable bonds is 6. The largest absolute Gasteiger partial charge is 0.336 e. The summed E-state index contributed by atoms with van der Waals surface area (Å²) < 4.78 is 27.5. The van der Waals surface area contributed by atoms with Crippen molar-refractivity contribution in [3.63, 3.8) is 0 Å². The van der Waals surface area contributed by atoms with Crippen molar-refractivity contribution in [2.45, 2.75) is 18.7 Å². The van der Waals surface area contributed by atoms with E-state index in [1.54, 1.807) is 13.8 Å². The van der Waals surface area contributed by atoms with Crippen molar-refractivity contribution in [2.75, 3.05) is 39.3 Å². The summed E-state index contributed by atoms with van der Waals surface area (Å²) in [5, 5.41) is 6.63. The summed E-state index contributed by atoms with van der Waals surface area (Å²) >= 11 is 0. The van der Waals surface area contributed by atoms with Crippen molar-refractivity contribution in [2.24, 2.45) is 0 Å². The second kappa shape index (κ2) is 8.20. The topological polar surface area (TPSA) is 98.4 Å². The number of nitrogens with one attached hydrogen (secondary N) is 2. The molecule has 1 fully saturated rings. The number of piperazine rings is 1. The Morgan fingerprint density at radius 2 is 1.81 bits per heavy atom. The summed E-state index contributed by atoms with van der Waals surface area (Å²) in [5.74, 6) is 0.0434. The van der Waals surface area contributed by atoms with Crippen LogP contribution in [0.15, 0.2) is 35.2 Å². The Labute approximate surface area is 159 Å². The van der Waals surface area contributed by atoms with Gasteiger partial charge in [0.2, 0.25) is 10.0 Å². The van der Waals surface area contributed by atoms with Gasteiger partial charge in [-0.05, 0) is 26.0 Å². The lowest BCUT2D eigenvalue weighted by Gasteiger charge is -2.34. The molecule has 27 heavy (non-hydrogen) atoms. The van der Waals surface area contributed by atoms with E-state index in [-0.39, 0.29) is 10.8 Å².